The number of hydrogen-bond donors (Lipinski definition) is 1. The predicted molar refractivity (Wildman–Crippen MR) is 61.9 cm³/mol. The minimum Gasteiger partial charge on any atom is -0.382 e. The van der Waals surface area contributed by atoms with E-state index in [1.807, 2.05) is 6.07 Å². The van der Waals surface area contributed by atoms with Gasteiger partial charge in [0.1, 0.15) is 0 Å². The number of nitrogens with one attached hydrogen (secondary N) is 1. The van der Waals surface area contributed by atoms with Gasteiger partial charge in [-0.25, -0.2) is 0 Å². The van der Waals surface area contributed by atoms with Crippen LogP contribution in [0.25, 0.3) is 0 Å². The van der Waals surface area contributed by atoms with Gasteiger partial charge >= 0.3 is 0 Å². The fraction of sp³-hybridized carbons (Fsp3) is 0.500. The Balaban J connectivity index is 2.07. The topological polar surface area (TPSA) is 12.0 Å². The Kier molecular flexibility index (Phi) is 3.30. The minimum absolute atomic E-state index is 0.593. The zero-order valence-corrected chi connectivity index (χ0v) is 9.06. The molecule has 76 valence electrons. The van der Waals surface area contributed by atoms with Gasteiger partial charge in [0.05, 0.1) is 0 Å². The molecule has 0 radical (unpaired) electrons. The molecule has 2 heteroatoms. The Labute approximate surface area is 90.5 Å². The van der Waals surface area contributed by atoms with Crippen molar-refractivity contribution in [2.45, 2.75) is 37.6 Å². The van der Waals surface area contributed by atoms with Crippen LogP contribution in [0, 0.1) is 0 Å². The largest absolute Gasteiger partial charge is 0.382 e. The number of alkyl halides is 1. The zero-order valence-electron chi connectivity index (χ0n) is 8.30. The fourth-order valence-corrected chi connectivity index (χ4v) is 2.30. The van der Waals surface area contributed by atoms with Gasteiger partial charge < -0.3 is 5.32 Å². The van der Waals surface area contributed by atoms with Gasteiger partial charge in [-0.15, -0.1) is 11.6 Å². The highest BCUT2D eigenvalue weighted by atomic mass is 35.5. The summed E-state index contributed by atoms with van der Waals surface area (Å²) in [5.41, 5.74) is 2.43. The van der Waals surface area contributed by atoms with Gasteiger partial charge in [0.25, 0.3) is 0 Å². The number of para-hydroxylation sites is 1. The lowest BCUT2D eigenvalue weighted by molar-refractivity contribution is 0.754. The van der Waals surface area contributed by atoms with Gasteiger partial charge in [-0.05, 0) is 24.5 Å². The Morgan fingerprint density at radius 1 is 1.21 bits per heavy atom. The molecule has 14 heavy (non-hydrogen) atoms. The Bertz CT molecular complexity index is 292. The minimum atomic E-state index is 0.593. The van der Waals surface area contributed by atoms with Crippen LogP contribution in [-0.2, 0) is 5.88 Å². The predicted octanol–water partition coefficient (Wildman–Crippen LogP) is 3.78. The Morgan fingerprint density at radius 2 is 1.93 bits per heavy atom. The average Bonchev–Trinajstić information content (AvgIpc) is 2.71. The van der Waals surface area contributed by atoms with Crippen molar-refractivity contribution in [2.24, 2.45) is 0 Å². The van der Waals surface area contributed by atoms with Crippen LogP contribution in [0.3, 0.4) is 0 Å². The lowest BCUT2D eigenvalue weighted by Gasteiger charge is -2.15. The van der Waals surface area contributed by atoms with Crippen LogP contribution in [0.2, 0.25) is 0 Å². The summed E-state index contributed by atoms with van der Waals surface area (Å²) in [6, 6.07) is 8.98. The monoisotopic (exact) mass is 209 g/mol. The van der Waals surface area contributed by atoms with Crippen molar-refractivity contribution in [1.29, 1.82) is 0 Å². The first-order chi connectivity index (χ1) is 6.90. The summed E-state index contributed by atoms with van der Waals surface area (Å²) in [6.45, 7) is 0. The van der Waals surface area contributed by atoms with E-state index in [-0.39, 0.29) is 0 Å². The van der Waals surface area contributed by atoms with Crippen LogP contribution in [-0.4, -0.2) is 6.04 Å². The second-order valence-corrected chi connectivity index (χ2v) is 4.18. The maximum absolute atomic E-state index is 5.88. The van der Waals surface area contributed by atoms with Crippen LogP contribution in [0.4, 0.5) is 5.69 Å². The van der Waals surface area contributed by atoms with E-state index in [9.17, 15) is 0 Å². The SMILES string of the molecule is ClCc1ccccc1NC1CCCC1. The highest BCUT2D eigenvalue weighted by molar-refractivity contribution is 6.17. The fourth-order valence-electron chi connectivity index (χ4n) is 2.07. The van der Waals surface area contributed by atoms with Crippen LogP contribution < -0.4 is 5.32 Å². The molecule has 0 aliphatic heterocycles. The summed E-state index contributed by atoms with van der Waals surface area (Å²) in [4.78, 5) is 0. The van der Waals surface area contributed by atoms with E-state index in [0.29, 0.717) is 11.9 Å². The molecular weight excluding hydrogens is 194 g/mol. The van der Waals surface area contributed by atoms with Crippen molar-refractivity contribution < 1.29 is 0 Å². The molecule has 0 amide bonds. The smallest absolute Gasteiger partial charge is 0.0494 e. The molecule has 1 aromatic carbocycles. The molecule has 1 aliphatic rings. The van der Waals surface area contributed by atoms with Crippen molar-refractivity contribution in [3.63, 3.8) is 0 Å². The molecule has 2 rings (SSSR count). The van der Waals surface area contributed by atoms with Crippen LogP contribution >= 0.6 is 11.6 Å². The number of benzene rings is 1. The van der Waals surface area contributed by atoms with E-state index in [0.717, 1.165) is 0 Å². The number of rotatable bonds is 3. The van der Waals surface area contributed by atoms with E-state index in [2.05, 4.69) is 23.5 Å². The summed E-state index contributed by atoms with van der Waals surface area (Å²) in [6.07, 6.45) is 5.33. The van der Waals surface area contributed by atoms with Crippen LogP contribution in [0.5, 0.6) is 0 Å². The third-order valence-corrected chi connectivity index (χ3v) is 3.16. The van der Waals surface area contributed by atoms with Gasteiger partial charge in [0, 0.05) is 17.6 Å². The summed E-state index contributed by atoms with van der Waals surface area (Å²) < 4.78 is 0. The molecule has 0 unspecified atom stereocenters. The second kappa shape index (κ2) is 4.70. The van der Waals surface area contributed by atoms with E-state index in [1.54, 1.807) is 0 Å². The average molecular weight is 210 g/mol. The van der Waals surface area contributed by atoms with Gasteiger partial charge in [0.2, 0.25) is 0 Å². The summed E-state index contributed by atoms with van der Waals surface area (Å²) >= 11 is 5.88. The molecule has 1 nitrogen and oxygen atoms in total. The molecule has 0 spiro atoms. The first-order valence-electron chi connectivity index (χ1n) is 5.30. The normalized spacial score (nSPS) is 17.2. The Hall–Kier alpha value is -0.690. The molecule has 1 saturated carbocycles. The van der Waals surface area contributed by atoms with Crippen molar-refractivity contribution in [1.82, 2.24) is 0 Å². The number of halogens is 1. The summed E-state index contributed by atoms with van der Waals surface area (Å²) in [5.74, 6) is 0.593. The van der Waals surface area contributed by atoms with E-state index >= 15 is 0 Å². The van der Waals surface area contributed by atoms with E-state index < -0.39 is 0 Å². The quantitative estimate of drug-likeness (QED) is 0.748. The van der Waals surface area contributed by atoms with Crippen molar-refractivity contribution in [3.05, 3.63) is 29.8 Å². The van der Waals surface area contributed by atoms with Crippen LogP contribution in [0.1, 0.15) is 31.2 Å². The van der Waals surface area contributed by atoms with Crippen molar-refractivity contribution in [3.8, 4) is 0 Å². The molecule has 0 heterocycles. The van der Waals surface area contributed by atoms with Crippen LogP contribution in [0.15, 0.2) is 24.3 Å². The highest BCUT2D eigenvalue weighted by Gasteiger charge is 2.15. The maximum atomic E-state index is 5.88. The summed E-state index contributed by atoms with van der Waals surface area (Å²) in [7, 11) is 0. The summed E-state index contributed by atoms with van der Waals surface area (Å²) in [5, 5.41) is 3.58. The third kappa shape index (κ3) is 2.21. The lowest BCUT2D eigenvalue weighted by atomic mass is 10.1. The third-order valence-electron chi connectivity index (χ3n) is 2.88. The Morgan fingerprint density at radius 3 is 2.64 bits per heavy atom. The molecule has 0 atom stereocenters. The molecule has 0 aromatic heterocycles. The van der Waals surface area contributed by atoms with E-state index in [1.165, 1.54) is 36.9 Å². The molecular formula is C12H16ClN. The van der Waals surface area contributed by atoms with Gasteiger partial charge in [-0.1, -0.05) is 31.0 Å². The number of hydrogen-bond acceptors (Lipinski definition) is 1. The van der Waals surface area contributed by atoms with Gasteiger partial charge in [-0.2, -0.15) is 0 Å². The zero-order chi connectivity index (χ0) is 9.80. The molecule has 1 aromatic rings. The standard InChI is InChI=1S/C12H16ClN/c13-9-10-5-1-4-8-12(10)14-11-6-2-3-7-11/h1,4-5,8,11,14H,2-3,6-7,9H2. The molecule has 1 aliphatic carbocycles. The van der Waals surface area contributed by atoms with Gasteiger partial charge in [-0.3, -0.25) is 0 Å². The lowest BCUT2D eigenvalue weighted by Crippen LogP contribution is -2.15. The molecule has 1 fully saturated rings. The van der Waals surface area contributed by atoms with Gasteiger partial charge in [0.15, 0.2) is 0 Å². The molecule has 0 bridgehead atoms. The van der Waals surface area contributed by atoms with Crippen molar-refractivity contribution >= 4 is 17.3 Å². The first kappa shape index (κ1) is 9.85. The maximum Gasteiger partial charge on any atom is 0.0494 e. The molecule has 1 N–H and O–H groups in total. The molecule has 0 saturated heterocycles. The second-order valence-electron chi connectivity index (χ2n) is 3.92. The number of anilines is 1. The van der Waals surface area contributed by atoms with E-state index in [4.69, 9.17) is 11.6 Å². The van der Waals surface area contributed by atoms with Crippen molar-refractivity contribution in [2.75, 3.05) is 5.32 Å². The first-order valence-corrected chi connectivity index (χ1v) is 5.84. The highest BCUT2D eigenvalue weighted by Crippen LogP contribution is 2.24.